The summed E-state index contributed by atoms with van der Waals surface area (Å²) in [5, 5.41) is 2.30. The van der Waals surface area contributed by atoms with E-state index in [-0.39, 0.29) is 28.8 Å². The molecule has 0 spiro atoms. The van der Waals surface area contributed by atoms with Gasteiger partial charge in [-0.2, -0.15) is 0 Å². The van der Waals surface area contributed by atoms with Gasteiger partial charge in [0.05, 0.1) is 23.7 Å². The van der Waals surface area contributed by atoms with Crippen molar-refractivity contribution >= 4 is 44.9 Å². The Kier molecular flexibility index (Phi) is 5.97. The molecule has 5 rings (SSSR count). The number of sulfonamides is 1. The van der Waals surface area contributed by atoms with Crippen LogP contribution in [0.1, 0.15) is 42.3 Å². The minimum Gasteiger partial charge on any atom is -0.589 e. The molecule has 36 heavy (non-hydrogen) atoms. The third kappa shape index (κ3) is 4.20. The minimum atomic E-state index is -4.00. The first kappa shape index (κ1) is 23.9. The first-order valence-corrected chi connectivity index (χ1v) is 12.9. The van der Waals surface area contributed by atoms with Crippen LogP contribution >= 0.6 is 0 Å². The van der Waals surface area contributed by atoms with Crippen LogP contribution in [0, 0.1) is 6.92 Å². The number of methoxy groups -OCH3 is 1. The maximum Gasteiger partial charge on any atom is 0.264 e. The van der Waals surface area contributed by atoms with Gasteiger partial charge >= 0.3 is 0 Å². The number of ether oxygens (including phenoxy) is 1. The Bertz CT molecular complexity index is 1560. The Morgan fingerprint density at radius 1 is 1.17 bits per heavy atom. The summed E-state index contributed by atoms with van der Waals surface area (Å²) in [6.07, 6.45) is 2.71. The number of anilines is 1. The lowest BCUT2D eigenvalue weighted by atomic mass is 9.97. The van der Waals surface area contributed by atoms with E-state index in [0.717, 1.165) is 11.1 Å². The monoisotopic (exact) mass is 508 g/mol. The zero-order valence-electron chi connectivity index (χ0n) is 19.7. The predicted molar refractivity (Wildman–Crippen MR) is 134 cm³/mol. The molecular weight excluding hydrogens is 484 g/mol. The molecule has 1 saturated heterocycles. The van der Waals surface area contributed by atoms with Gasteiger partial charge in [0.25, 0.3) is 5.56 Å². The van der Waals surface area contributed by atoms with Crippen molar-refractivity contribution in [3.8, 4) is 5.75 Å². The SMILES string of the molecule is COc1ccc2c(c1)C=C([S+](=O)([O-])Nc1cccc3nc(C)n(C4CCC(=O)NC4=O)c(=O)c13)CC2. The molecule has 2 atom stereocenters. The van der Waals surface area contributed by atoms with Crippen LogP contribution in [-0.2, 0) is 30.6 Å². The molecule has 0 bridgehead atoms. The summed E-state index contributed by atoms with van der Waals surface area (Å²) in [5.74, 6) is -0.0649. The first-order chi connectivity index (χ1) is 17.2. The molecule has 2 amide bonds. The summed E-state index contributed by atoms with van der Waals surface area (Å²) in [6.45, 7) is 1.60. The highest BCUT2D eigenvalue weighted by atomic mass is 32.3. The summed E-state index contributed by atoms with van der Waals surface area (Å²) in [7, 11) is -2.46. The number of nitrogens with one attached hydrogen (secondary N) is 2. The van der Waals surface area contributed by atoms with Crippen molar-refractivity contribution in [1.29, 1.82) is 0 Å². The van der Waals surface area contributed by atoms with Crippen molar-refractivity contribution in [2.75, 3.05) is 11.8 Å². The molecule has 2 N–H and O–H groups in total. The lowest BCUT2D eigenvalue weighted by molar-refractivity contribution is -0.135. The highest BCUT2D eigenvalue weighted by Gasteiger charge is 2.32. The van der Waals surface area contributed by atoms with E-state index in [0.29, 0.717) is 29.9 Å². The number of amides is 2. The van der Waals surface area contributed by atoms with Gasteiger partial charge in [-0.3, -0.25) is 24.3 Å². The average molecular weight is 509 g/mol. The Balaban J connectivity index is 1.56. The molecule has 0 radical (unpaired) electrons. The smallest absolute Gasteiger partial charge is 0.264 e. The fourth-order valence-corrected chi connectivity index (χ4v) is 5.97. The Labute approximate surface area is 207 Å². The molecule has 11 heteroatoms. The number of aryl methyl sites for hydroxylation is 2. The zero-order valence-corrected chi connectivity index (χ0v) is 20.5. The Morgan fingerprint density at radius 3 is 2.72 bits per heavy atom. The van der Waals surface area contributed by atoms with Crippen LogP contribution in [0.25, 0.3) is 17.0 Å². The molecule has 2 heterocycles. The Hall–Kier alpha value is -3.83. The van der Waals surface area contributed by atoms with Crippen molar-refractivity contribution in [3.05, 3.63) is 68.6 Å². The number of piperidine rings is 1. The summed E-state index contributed by atoms with van der Waals surface area (Å²) in [6, 6.07) is 9.34. The van der Waals surface area contributed by atoms with Crippen molar-refractivity contribution in [2.45, 2.75) is 38.6 Å². The van der Waals surface area contributed by atoms with Gasteiger partial charge in [-0.25, -0.2) is 9.71 Å². The van der Waals surface area contributed by atoms with Gasteiger partial charge in [-0.15, -0.1) is 0 Å². The molecule has 3 aromatic rings. The third-order valence-electron chi connectivity index (χ3n) is 6.53. The van der Waals surface area contributed by atoms with E-state index >= 15 is 0 Å². The van der Waals surface area contributed by atoms with Gasteiger partial charge < -0.3 is 9.29 Å². The predicted octanol–water partition coefficient (Wildman–Crippen LogP) is 2.64. The first-order valence-electron chi connectivity index (χ1n) is 11.4. The number of carbonyl (C=O) groups is 2. The van der Waals surface area contributed by atoms with Crippen molar-refractivity contribution in [1.82, 2.24) is 14.9 Å². The van der Waals surface area contributed by atoms with Gasteiger partial charge in [0, 0.05) is 12.8 Å². The lowest BCUT2D eigenvalue weighted by Gasteiger charge is -2.25. The molecule has 10 nitrogen and oxygen atoms in total. The van der Waals surface area contributed by atoms with Crippen LogP contribution in [0.3, 0.4) is 0 Å². The van der Waals surface area contributed by atoms with Crippen LogP contribution in [0.4, 0.5) is 5.69 Å². The van der Waals surface area contributed by atoms with Crippen LogP contribution < -0.4 is 20.3 Å². The van der Waals surface area contributed by atoms with Gasteiger partial charge in [0.2, 0.25) is 11.8 Å². The van der Waals surface area contributed by atoms with Gasteiger partial charge in [-0.1, -0.05) is 16.3 Å². The molecule has 186 valence electrons. The highest BCUT2D eigenvalue weighted by molar-refractivity contribution is 8.02. The summed E-state index contributed by atoms with van der Waals surface area (Å²) in [4.78, 5) is 42.3. The van der Waals surface area contributed by atoms with E-state index in [1.165, 1.54) is 10.6 Å². The van der Waals surface area contributed by atoms with Gasteiger partial charge in [0.15, 0.2) is 15.3 Å². The molecule has 2 aliphatic rings. The average Bonchev–Trinajstić information content (AvgIpc) is 2.84. The lowest BCUT2D eigenvalue weighted by Crippen LogP contribution is -2.45. The van der Waals surface area contributed by atoms with E-state index < -0.39 is 33.8 Å². The second-order valence-corrected chi connectivity index (χ2v) is 10.5. The number of nitrogens with zero attached hydrogens (tertiary/aromatic N) is 2. The highest BCUT2D eigenvalue weighted by Crippen LogP contribution is 2.33. The van der Waals surface area contributed by atoms with E-state index in [2.05, 4.69) is 15.0 Å². The van der Waals surface area contributed by atoms with Crippen LogP contribution in [-0.4, -0.2) is 33.0 Å². The fraction of sp³-hybridized carbons (Fsp3) is 0.280. The summed E-state index contributed by atoms with van der Waals surface area (Å²) in [5.41, 5.74) is 1.60. The van der Waals surface area contributed by atoms with Gasteiger partial charge in [-0.05, 0) is 61.2 Å². The molecule has 2 aromatic carbocycles. The van der Waals surface area contributed by atoms with E-state index in [1.807, 2.05) is 12.1 Å². The fourth-order valence-electron chi connectivity index (χ4n) is 4.72. The normalized spacial score (nSPS) is 19.2. The van der Waals surface area contributed by atoms with Crippen molar-refractivity contribution < 1.29 is 23.1 Å². The molecular formula is C25H24N4O6S. The Morgan fingerprint density at radius 2 is 1.97 bits per heavy atom. The number of benzene rings is 2. The summed E-state index contributed by atoms with van der Waals surface area (Å²) < 4.78 is 35.8. The van der Waals surface area contributed by atoms with Crippen LogP contribution in [0.2, 0.25) is 0 Å². The minimum absolute atomic E-state index is 0.0508. The number of hydrogen-bond donors (Lipinski definition) is 2. The number of rotatable bonds is 5. The molecule has 1 aliphatic carbocycles. The van der Waals surface area contributed by atoms with E-state index in [1.54, 1.807) is 38.3 Å². The van der Waals surface area contributed by atoms with Crippen molar-refractivity contribution in [2.24, 2.45) is 0 Å². The number of imide groups is 1. The molecule has 1 aromatic heterocycles. The number of allylic oxidation sites excluding steroid dienone is 1. The van der Waals surface area contributed by atoms with Crippen molar-refractivity contribution in [3.63, 3.8) is 0 Å². The number of fused-ring (bicyclic) bond motifs is 2. The molecule has 1 aliphatic heterocycles. The topological polar surface area (TPSA) is 142 Å². The third-order valence-corrected chi connectivity index (χ3v) is 8.03. The number of carbonyl (C=O) groups excluding carboxylic acids is 2. The zero-order chi connectivity index (χ0) is 25.6. The number of aromatic nitrogens is 2. The van der Waals surface area contributed by atoms with E-state index in [9.17, 15) is 23.1 Å². The van der Waals surface area contributed by atoms with E-state index in [4.69, 9.17) is 4.74 Å². The largest absolute Gasteiger partial charge is 0.589 e. The van der Waals surface area contributed by atoms with Gasteiger partial charge in [0.1, 0.15) is 17.6 Å². The quantitative estimate of drug-likeness (QED) is 0.398. The maximum absolute atomic E-state index is 13.6. The second-order valence-electron chi connectivity index (χ2n) is 8.78. The van der Waals surface area contributed by atoms with Crippen LogP contribution in [0.5, 0.6) is 5.75 Å². The number of hydrogen-bond acceptors (Lipinski definition) is 7. The second kappa shape index (κ2) is 8.99. The molecule has 0 saturated carbocycles. The standard InChI is InChI=1S/C25H24N4O6S/c1-14-26-19-4-3-5-20(23(19)25(32)29(14)21-10-11-22(30)27-24(21)31)28-36(33,34)18-9-7-15-6-8-17(35-2)12-16(15)13-18/h3-6,8,12-13,21H,7,9-11H2,1-2H3,(H2-,27,28,30,31,32,33,34). The molecule has 2 unspecified atom stereocenters. The summed E-state index contributed by atoms with van der Waals surface area (Å²) >= 11 is 0. The maximum atomic E-state index is 13.6. The van der Waals surface area contributed by atoms with Crippen LogP contribution in [0.15, 0.2) is 46.1 Å². The molecule has 1 fully saturated rings.